The molecule has 0 saturated carbocycles. The van der Waals surface area contributed by atoms with Gasteiger partial charge in [0.05, 0.1) is 22.0 Å². The number of halogens is 4. The number of anilines is 1. The third-order valence-electron chi connectivity index (χ3n) is 5.41. The molecule has 4 rings (SSSR count). The highest BCUT2D eigenvalue weighted by Gasteiger charge is 2.34. The minimum absolute atomic E-state index is 0.306. The molecule has 152 valence electrons. The molecule has 2 aromatic carbocycles. The smallest absolute Gasteiger partial charge is 0.370 e. The topological polar surface area (TPSA) is 29.9 Å². The van der Waals surface area contributed by atoms with Crippen molar-refractivity contribution in [3.8, 4) is 16.9 Å². The summed E-state index contributed by atoms with van der Waals surface area (Å²) in [5.74, 6) is 0.851. The number of benzene rings is 2. The summed E-state index contributed by atoms with van der Waals surface area (Å²) >= 11 is 5.81. The van der Waals surface area contributed by atoms with Gasteiger partial charge in [-0.05, 0) is 68.5 Å². The maximum Gasteiger partial charge on any atom is 0.417 e. The molecule has 1 aliphatic heterocycles. The van der Waals surface area contributed by atoms with E-state index in [4.69, 9.17) is 16.7 Å². The fourth-order valence-corrected chi connectivity index (χ4v) is 3.89. The van der Waals surface area contributed by atoms with Gasteiger partial charge in [-0.3, -0.25) is 0 Å². The Kier molecular flexibility index (Phi) is 5.07. The molecule has 1 aliphatic rings. The van der Waals surface area contributed by atoms with Crippen molar-refractivity contribution in [2.45, 2.75) is 39.3 Å². The number of aryl methyl sites for hydroxylation is 2. The second kappa shape index (κ2) is 7.41. The third-order valence-corrected chi connectivity index (χ3v) is 5.74. The molecule has 0 amide bonds. The first-order valence-electron chi connectivity index (χ1n) is 9.56. The maximum atomic E-state index is 13.4. The summed E-state index contributed by atoms with van der Waals surface area (Å²) < 4.78 is 41.9. The predicted molar refractivity (Wildman–Crippen MR) is 110 cm³/mol. The molecular formula is C22H21ClF3N3. The molecule has 1 aromatic heterocycles. The number of hydrogen-bond donors (Lipinski definition) is 1. The van der Waals surface area contributed by atoms with E-state index in [2.05, 4.69) is 5.32 Å². The predicted octanol–water partition coefficient (Wildman–Crippen LogP) is 6.58. The van der Waals surface area contributed by atoms with E-state index in [1.54, 1.807) is 6.07 Å². The molecule has 0 atom stereocenters. The zero-order valence-electron chi connectivity index (χ0n) is 16.2. The van der Waals surface area contributed by atoms with Gasteiger partial charge in [-0.15, -0.1) is 0 Å². The van der Waals surface area contributed by atoms with Gasteiger partial charge in [-0.25, -0.2) is 4.68 Å². The number of fused-ring (bicyclic) bond motifs is 1. The summed E-state index contributed by atoms with van der Waals surface area (Å²) in [4.78, 5) is 0. The van der Waals surface area contributed by atoms with Crippen LogP contribution in [0.4, 0.5) is 19.0 Å². The normalized spacial score (nSPS) is 14.3. The van der Waals surface area contributed by atoms with Crippen molar-refractivity contribution in [3.63, 3.8) is 0 Å². The van der Waals surface area contributed by atoms with Crippen molar-refractivity contribution in [2.24, 2.45) is 0 Å². The Bertz CT molecular complexity index is 1070. The molecule has 3 aromatic rings. The highest BCUT2D eigenvalue weighted by atomic mass is 35.5. The largest absolute Gasteiger partial charge is 0.417 e. The lowest BCUT2D eigenvalue weighted by Gasteiger charge is -2.10. The lowest BCUT2D eigenvalue weighted by Crippen LogP contribution is -2.07. The Labute approximate surface area is 172 Å². The van der Waals surface area contributed by atoms with Crippen molar-refractivity contribution < 1.29 is 13.2 Å². The Hall–Kier alpha value is -2.47. The highest BCUT2D eigenvalue weighted by Crippen LogP contribution is 2.40. The molecule has 3 nitrogen and oxygen atoms in total. The fourth-order valence-electron chi connectivity index (χ4n) is 3.67. The average Bonchev–Trinajstić information content (AvgIpc) is 2.85. The van der Waals surface area contributed by atoms with Crippen LogP contribution >= 0.6 is 11.6 Å². The monoisotopic (exact) mass is 419 g/mol. The number of nitrogens with one attached hydrogen (secondary N) is 1. The minimum Gasteiger partial charge on any atom is -0.370 e. The van der Waals surface area contributed by atoms with Gasteiger partial charge < -0.3 is 5.32 Å². The quantitative estimate of drug-likeness (QED) is 0.508. The van der Waals surface area contributed by atoms with E-state index in [9.17, 15) is 13.2 Å². The maximum absolute atomic E-state index is 13.4. The Balaban J connectivity index is 1.91. The van der Waals surface area contributed by atoms with E-state index >= 15 is 0 Å². The number of alkyl halides is 3. The van der Waals surface area contributed by atoms with Gasteiger partial charge in [0.15, 0.2) is 0 Å². The van der Waals surface area contributed by atoms with Crippen LogP contribution in [0.2, 0.25) is 5.02 Å². The standard InChI is InChI=1S/C22H21ClF3N3/c1-13-6-8-16(11-14(13)2)29-21-17(5-3-4-10-27-21)20(28-29)15-7-9-19(23)18(12-15)22(24,25)26/h6-9,11-12,27H,3-5,10H2,1-2H3. The summed E-state index contributed by atoms with van der Waals surface area (Å²) in [5, 5.41) is 7.86. The van der Waals surface area contributed by atoms with Crippen molar-refractivity contribution in [1.29, 1.82) is 0 Å². The molecule has 0 spiro atoms. The molecule has 0 aliphatic carbocycles. The Morgan fingerprint density at radius 1 is 1.03 bits per heavy atom. The molecule has 0 radical (unpaired) electrons. The van der Waals surface area contributed by atoms with Crippen LogP contribution < -0.4 is 5.32 Å². The van der Waals surface area contributed by atoms with Crippen molar-refractivity contribution in [1.82, 2.24) is 9.78 Å². The van der Waals surface area contributed by atoms with Crippen LogP contribution in [-0.4, -0.2) is 16.3 Å². The van der Waals surface area contributed by atoms with E-state index in [1.807, 2.05) is 36.7 Å². The van der Waals surface area contributed by atoms with Crippen molar-refractivity contribution in [2.75, 3.05) is 11.9 Å². The Morgan fingerprint density at radius 2 is 1.83 bits per heavy atom. The first-order valence-corrected chi connectivity index (χ1v) is 9.94. The molecule has 0 saturated heterocycles. The van der Waals surface area contributed by atoms with Crippen LogP contribution in [0, 0.1) is 13.8 Å². The summed E-state index contributed by atoms with van der Waals surface area (Å²) in [7, 11) is 0. The third kappa shape index (κ3) is 3.73. The van der Waals surface area contributed by atoms with Gasteiger partial charge in [-0.2, -0.15) is 18.3 Å². The first-order chi connectivity index (χ1) is 13.8. The average molecular weight is 420 g/mol. The van der Waals surface area contributed by atoms with Crippen LogP contribution in [0.15, 0.2) is 36.4 Å². The van der Waals surface area contributed by atoms with Crippen LogP contribution in [0.25, 0.3) is 16.9 Å². The molecule has 0 fully saturated rings. The van der Waals surface area contributed by atoms with Crippen molar-refractivity contribution >= 4 is 17.4 Å². The molecule has 2 heterocycles. The summed E-state index contributed by atoms with van der Waals surface area (Å²) in [6.07, 6.45) is -1.81. The van der Waals surface area contributed by atoms with E-state index < -0.39 is 11.7 Å². The van der Waals surface area contributed by atoms with E-state index in [1.165, 1.54) is 11.6 Å². The van der Waals surface area contributed by atoms with Gasteiger partial charge in [0.1, 0.15) is 5.82 Å². The number of hydrogen-bond acceptors (Lipinski definition) is 2. The minimum atomic E-state index is -4.51. The van der Waals surface area contributed by atoms with Crippen LogP contribution in [-0.2, 0) is 12.6 Å². The summed E-state index contributed by atoms with van der Waals surface area (Å²) in [6, 6.07) is 10.1. The molecular weight excluding hydrogens is 399 g/mol. The van der Waals surface area contributed by atoms with Crippen molar-refractivity contribution in [3.05, 3.63) is 63.7 Å². The van der Waals surface area contributed by atoms with Crippen LogP contribution in [0.5, 0.6) is 0 Å². The van der Waals surface area contributed by atoms with Crippen LogP contribution in [0.3, 0.4) is 0 Å². The van der Waals surface area contributed by atoms with E-state index in [0.29, 0.717) is 11.3 Å². The van der Waals surface area contributed by atoms with E-state index in [-0.39, 0.29) is 5.02 Å². The molecule has 1 N–H and O–H groups in total. The van der Waals surface area contributed by atoms with Gasteiger partial charge in [0.2, 0.25) is 0 Å². The van der Waals surface area contributed by atoms with Gasteiger partial charge >= 0.3 is 6.18 Å². The zero-order valence-corrected chi connectivity index (χ0v) is 17.0. The highest BCUT2D eigenvalue weighted by molar-refractivity contribution is 6.31. The molecule has 7 heteroatoms. The SMILES string of the molecule is Cc1ccc(-n2nc(-c3ccc(Cl)c(C(F)(F)F)c3)c3c2NCCCC3)cc1C. The lowest BCUT2D eigenvalue weighted by atomic mass is 10.0. The van der Waals surface area contributed by atoms with Gasteiger partial charge in [0.25, 0.3) is 0 Å². The van der Waals surface area contributed by atoms with Gasteiger partial charge in [0, 0.05) is 17.7 Å². The molecule has 29 heavy (non-hydrogen) atoms. The second-order valence-electron chi connectivity index (χ2n) is 7.43. The number of nitrogens with zero attached hydrogens (tertiary/aromatic N) is 2. The van der Waals surface area contributed by atoms with Crippen LogP contribution in [0.1, 0.15) is 35.1 Å². The summed E-state index contributed by atoms with van der Waals surface area (Å²) in [5.41, 5.74) is 4.28. The number of aromatic nitrogens is 2. The molecule has 0 unspecified atom stereocenters. The first kappa shape index (κ1) is 19.8. The van der Waals surface area contributed by atoms with E-state index in [0.717, 1.165) is 54.5 Å². The molecule has 0 bridgehead atoms. The van der Waals surface area contributed by atoms with Gasteiger partial charge in [-0.1, -0.05) is 23.7 Å². The number of rotatable bonds is 2. The zero-order chi connectivity index (χ0) is 20.8. The lowest BCUT2D eigenvalue weighted by molar-refractivity contribution is -0.137. The second-order valence-corrected chi connectivity index (χ2v) is 7.84. The Morgan fingerprint density at radius 3 is 2.55 bits per heavy atom. The fraction of sp³-hybridized carbons (Fsp3) is 0.318. The summed E-state index contributed by atoms with van der Waals surface area (Å²) in [6.45, 7) is 4.88.